The van der Waals surface area contributed by atoms with Crippen LogP contribution in [0.1, 0.15) is 5.56 Å². The Kier molecular flexibility index (Phi) is 4.11. The number of benzene rings is 1. The van der Waals surface area contributed by atoms with Crippen LogP contribution in [0.4, 0.5) is 0 Å². The molecule has 2 aromatic rings. The number of hydrogen-bond acceptors (Lipinski definition) is 5. The van der Waals surface area contributed by atoms with Gasteiger partial charge in [0.15, 0.2) is 0 Å². The molecule has 17 heavy (non-hydrogen) atoms. The molecule has 0 saturated carbocycles. The molecule has 5 nitrogen and oxygen atoms in total. The molecule has 1 aromatic carbocycles. The van der Waals surface area contributed by atoms with Gasteiger partial charge in [0.05, 0.1) is 12.3 Å². The Morgan fingerprint density at radius 1 is 1.41 bits per heavy atom. The van der Waals surface area contributed by atoms with Crippen molar-refractivity contribution in [3.63, 3.8) is 0 Å². The molecule has 0 aliphatic rings. The van der Waals surface area contributed by atoms with Crippen LogP contribution in [-0.4, -0.2) is 39.7 Å². The zero-order chi connectivity index (χ0) is 12.1. The molecule has 6 heteroatoms. The first-order valence-electron chi connectivity index (χ1n) is 5.28. The maximum absolute atomic E-state index is 5.01. The molecule has 2 rings (SSSR count). The topological polar surface area (TPSA) is 52.8 Å². The van der Waals surface area contributed by atoms with Crippen LogP contribution in [0.15, 0.2) is 29.4 Å². The van der Waals surface area contributed by atoms with Crippen molar-refractivity contribution in [3.05, 3.63) is 29.8 Å². The van der Waals surface area contributed by atoms with Crippen LogP contribution in [0.5, 0.6) is 0 Å². The van der Waals surface area contributed by atoms with Gasteiger partial charge in [-0.25, -0.2) is 0 Å². The fourth-order valence-electron chi connectivity index (χ4n) is 1.41. The summed E-state index contributed by atoms with van der Waals surface area (Å²) < 4.78 is 6.75. The zero-order valence-electron chi connectivity index (χ0n) is 9.83. The summed E-state index contributed by atoms with van der Waals surface area (Å²) in [4.78, 5) is 0. The van der Waals surface area contributed by atoms with Gasteiger partial charge in [-0.05, 0) is 35.0 Å². The van der Waals surface area contributed by atoms with Gasteiger partial charge in [-0.2, -0.15) is 4.68 Å². The van der Waals surface area contributed by atoms with E-state index < -0.39 is 0 Å². The second-order valence-electron chi connectivity index (χ2n) is 3.55. The standard InChI is InChI=1S/C11H14N4OS/c1-9-4-3-5-10(8-9)15-11(12-13-14-15)17-7-6-16-2/h3-5,8H,6-7H2,1-2H3. The van der Waals surface area contributed by atoms with Gasteiger partial charge in [-0.15, -0.1) is 5.10 Å². The fourth-order valence-corrected chi connectivity index (χ4v) is 2.20. The van der Waals surface area contributed by atoms with Crippen LogP contribution in [0, 0.1) is 6.92 Å². The lowest BCUT2D eigenvalue weighted by atomic mass is 10.2. The van der Waals surface area contributed by atoms with Crippen molar-refractivity contribution >= 4 is 11.8 Å². The summed E-state index contributed by atoms with van der Waals surface area (Å²) >= 11 is 1.58. The average Bonchev–Trinajstić information content (AvgIpc) is 2.78. The van der Waals surface area contributed by atoms with Gasteiger partial charge in [-0.1, -0.05) is 23.9 Å². The van der Waals surface area contributed by atoms with Crippen molar-refractivity contribution in [3.8, 4) is 5.69 Å². The van der Waals surface area contributed by atoms with E-state index >= 15 is 0 Å². The van der Waals surface area contributed by atoms with Crippen LogP contribution in [0.25, 0.3) is 5.69 Å². The average molecular weight is 250 g/mol. The number of rotatable bonds is 5. The fraction of sp³-hybridized carbons (Fsp3) is 0.364. The van der Waals surface area contributed by atoms with Crippen LogP contribution in [0.2, 0.25) is 0 Å². The first-order chi connectivity index (χ1) is 8.31. The summed E-state index contributed by atoms with van der Waals surface area (Å²) in [5, 5.41) is 12.5. The highest BCUT2D eigenvalue weighted by molar-refractivity contribution is 7.99. The molecule has 90 valence electrons. The van der Waals surface area contributed by atoms with Crippen LogP contribution in [-0.2, 0) is 4.74 Å². The SMILES string of the molecule is COCCSc1nnnn1-c1cccc(C)c1. The molecule has 0 bridgehead atoms. The van der Waals surface area contributed by atoms with E-state index in [-0.39, 0.29) is 0 Å². The first kappa shape index (κ1) is 12.1. The highest BCUT2D eigenvalue weighted by Crippen LogP contribution is 2.18. The normalized spacial score (nSPS) is 10.7. The lowest BCUT2D eigenvalue weighted by Crippen LogP contribution is -2.01. The number of nitrogens with zero attached hydrogens (tertiary/aromatic N) is 4. The monoisotopic (exact) mass is 250 g/mol. The molecule has 0 aliphatic carbocycles. The zero-order valence-corrected chi connectivity index (χ0v) is 10.6. The second kappa shape index (κ2) is 5.79. The Balaban J connectivity index is 2.18. The van der Waals surface area contributed by atoms with Crippen molar-refractivity contribution in [1.82, 2.24) is 20.2 Å². The molecule has 0 atom stereocenters. The maximum Gasteiger partial charge on any atom is 0.214 e. The smallest absolute Gasteiger partial charge is 0.214 e. The highest BCUT2D eigenvalue weighted by atomic mass is 32.2. The predicted octanol–water partition coefficient (Wildman–Crippen LogP) is 1.71. The molecule has 1 heterocycles. The van der Waals surface area contributed by atoms with Crippen LogP contribution >= 0.6 is 11.8 Å². The maximum atomic E-state index is 5.01. The highest BCUT2D eigenvalue weighted by Gasteiger charge is 2.08. The number of aromatic nitrogens is 4. The summed E-state index contributed by atoms with van der Waals surface area (Å²) in [5.74, 6) is 0.836. The van der Waals surface area contributed by atoms with Crippen molar-refractivity contribution in [2.45, 2.75) is 12.1 Å². The lowest BCUT2D eigenvalue weighted by molar-refractivity contribution is 0.218. The van der Waals surface area contributed by atoms with Gasteiger partial charge in [-0.3, -0.25) is 0 Å². The molecule has 0 spiro atoms. The van der Waals surface area contributed by atoms with Crippen molar-refractivity contribution < 1.29 is 4.74 Å². The minimum absolute atomic E-state index is 0.686. The van der Waals surface area contributed by atoms with E-state index in [1.54, 1.807) is 23.6 Å². The van der Waals surface area contributed by atoms with Crippen molar-refractivity contribution in [2.75, 3.05) is 19.5 Å². The number of tetrazole rings is 1. The van der Waals surface area contributed by atoms with E-state index in [1.165, 1.54) is 5.56 Å². The lowest BCUT2D eigenvalue weighted by Gasteiger charge is -2.04. The number of thioether (sulfide) groups is 1. The van der Waals surface area contributed by atoms with Gasteiger partial charge < -0.3 is 4.74 Å². The molecule has 0 unspecified atom stereocenters. The summed E-state index contributed by atoms with van der Waals surface area (Å²) in [6.07, 6.45) is 0. The summed E-state index contributed by atoms with van der Waals surface area (Å²) in [5.41, 5.74) is 2.17. The number of hydrogen-bond donors (Lipinski definition) is 0. The molecule has 0 saturated heterocycles. The van der Waals surface area contributed by atoms with Crippen molar-refractivity contribution in [1.29, 1.82) is 0 Å². The molecule has 0 radical (unpaired) electrons. The quantitative estimate of drug-likeness (QED) is 0.597. The summed E-state index contributed by atoms with van der Waals surface area (Å²) in [7, 11) is 1.68. The molecule has 0 fully saturated rings. The minimum atomic E-state index is 0.686. The third kappa shape index (κ3) is 3.04. The second-order valence-corrected chi connectivity index (χ2v) is 4.62. The van der Waals surface area contributed by atoms with E-state index in [1.807, 2.05) is 25.1 Å². The third-order valence-electron chi connectivity index (χ3n) is 2.21. The van der Waals surface area contributed by atoms with Gasteiger partial charge >= 0.3 is 0 Å². The molecular formula is C11H14N4OS. The molecule has 0 amide bonds. The van der Waals surface area contributed by atoms with E-state index in [9.17, 15) is 0 Å². The van der Waals surface area contributed by atoms with E-state index in [0.29, 0.717) is 6.61 Å². The molecule has 0 N–H and O–H groups in total. The van der Waals surface area contributed by atoms with E-state index in [4.69, 9.17) is 4.74 Å². The largest absolute Gasteiger partial charge is 0.384 e. The first-order valence-corrected chi connectivity index (χ1v) is 6.27. The van der Waals surface area contributed by atoms with Gasteiger partial charge in [0.2, 0.25) is 5.16 Å². The van der Waals surface area contributed by atoms with E-state index in [0.717, 1.165) is 16.6 Å². The summed E-state index contributed by atoms with van der Waals surface area (Å²) in [6.45, 7) is 2.73. The predicted molar refractivity (Wildman–Crippen MR) is 66.5 cm³/mol. The Labute approximate surface area is 104 Å². The van der Waals surface area contributed by atoms with E-state index in [2.05, 4.69) is 21.6 Å². The number of ether oxygens (including phenoxy) is 1. The molecule has 1 aromatic heterocycles. The Hall–Kier alpha value is -1.40. The Bertz CT molecular complexity index is 486. The van der Waals surface area contributed by atoms with Crippen LogP contribution in [0.3, 0.4) is 0 Å². The Morgan fingerprint density at radius 3 is 3.06 bits per heavy atom. The van der Waals surface area contributed by atoms with Gasteiger partial charge in [0.1, 0.15) is 0 Å². The molecule has 0 aliphatic heterocycles. The Morgan fingerprint density at radius 2 is 2.29 bits per heavy atom. The minimum Gasteiger partial charge on any atom is -0.384 e. The number of aryl methyl sites for hydroxylation is 1. The van der Waals surface area contributed by atoms with Crippen LogP contribution < -0.4 is 0 Å². The number of methoxy groups -OCH3 is 1. The third-order valence-corrected chi connectivity index (χ3v) is 3.09. The van der Waals surface area contributed by atoms with Gasteiger partial charge in [0, 0.05) is 12.9 Å². The molecular weight excluding hydrogens is 236 g/mol. The summed E-state index contributed by atoms with van der Waals surface area (Å²) in [6, 6.07) is 8.09. The van der Waals surface area contributed by atoms with Crippen molar-refractivity contribution in [2.24, 2.45) is 0 Å². The van der Waals surface area contributed by atoms with Gasteiger partial charge in [0.25, 0.3) is 0 Å².